The monoisotopic (exact) mass is 390 g/mol. The fraction of sp³-hybridized carbons (Fsp3) is 0.333. The second kappa shape index (κ2) is 9.00. The number of carboxylic acid groups (broad SMARTS) is 2. The molecule has 28 heavy (non-hydrogen) atoms. The standard InChI is InChI=1S/C18H22N4O6/c1-9(18(27)28)21-17(26)14(22-16(25)12(19)7-15(23)24)6-10-8-20-13-5-3-2-4-11(10)13/h2-5,8-9,12,14,20H,6-7,19H2,1H3,(H,21,26)(H,22,25)(H,23,24)(H,27,28). The van der Waals surface area contributed by atoms with E-state index in [0.29, 0.717) is 0 Å². The molecule has 7 N–H and O–H groups in total. The summed E-state index contributed by atoms with van der Waals surface area (Å²) in [6, 6.07) is 3.72. The van der Waals surface area contributed by atoms with Gasteiger partial charge in [-0.25, -0.2) is 0 Å². The van der Waals surface area contributed by atoms with Crippen LogP contribution in [0.4, 0.5) is 0 Å². The van der Waals surface area contributed by atoms with Gasteiger partial charge in [-0.3, -0.25) is 19.2 Å². The van der Waals surface area contributed by atoms with E-state index in [9.17, 15) is 19.2 Å². The number of nitrogens with two attached hydrogens (primary N) is 1. The van der Waals surface area contributed by atoms with Crippen LogP contribution in [0.5, 0.6) is 0 Å². The quantitative estimate of drug-likeness (QED) is 0.337. The molecule has 0 aliphatic rings. The van der Waals surface area contributed by atoms with Gasteiger partial charge in [0.1, 0.15) is 12.1 Å². The highest BCUT2D eigenvalue weighted by Gasteiger charge is 2.28. The topological polar surface area (TPSA) is 175 Å². The third kappa shape index (κ3) is 5.30. The lowest BCUT2D eigenvalue weighted by atomic mass is 10.0. The molecule has 1 aromatic heterocycles. The lowest BCUT2D eigenvalue weighted by Gasteiger charge is -2.21. The minimum Gasteiger partial charge on any atom is -0.481 e. The Morgan fingerprint density at radius 2 is 1.79 bits per heavy atom. The summed E-state index contributed by atoms with van der Waals surface area (Å²) < 4.78 is 0. The molecule has 1 heterocycles. The Morgan fingerprint density at radius 1 is 1.11 bits per heavy atom. The summed E-state index contributed by atoms with van der Waals surface area (Å²) >= 11 is 0. The van der Waals surface area contributed by atoms with Crippen molar-refractivity contribution >= 4 is 34.7 Å². The van der Waals surface area contributed by atoms with E-state index in [2.05, 4.69) is 15.6 Å². The summed E-state index contributed by atoms with van der Waals surface area (Å²) in [5.74, 6) is -4.01. The summed E-state index contributed by atoms with van der Waals surface area (Å²) in [5, 5.41) is 23.3. The van der Waals surface area contributed by atoms with Crippen LogP contribution in [0.2, 0.25) is 0 Å². The number of hydrogen-bond donors (Lipinski definition) is 6. The number of carbonyl (C=O) groups excluding carboxylic acids is 2. The number of para-hydroxylation sites is 1. The Hall–Kier alpha value is -3.40. The SMILES string of the molecule is CC(NC(=O)C(Cc1c[nH]c2ccccc12)NC(=O)C(N)CC(=O)O)C(=O)O. The molecule has 10 heteroatoms. The van der Waals surface area contributed by atoms with E-state index in [1.54, 1.807) is 6.20 Å². The van der Waals surface area contributed by atoms with Crippen LogP contribution in [0.15, 0.2) is 30.5 Å². The molecule has 0 aliphatic heterocycles. The fourth-order valence-corrected chi connectivity index (χ4v) is 2.66. The molecule has 3 unspecified atom stereocenters. The van der Waals surface area contributed by atoms with Crippen LogP contribution in [0.1, 0.15) is 18.9 Å². The number of aliphatic carboxylic acids is 2. The maximum Gasteiger partial charge on any atom is 0.325 e. The molecule has 0 radical (unpaired) electrons. The second-order valence-corrected chi connectivity index (χ2v) is 6.40. The Bertz CT molecular complexity index is 893. The molecule has 0 saturated heterocycles. The number of amides is 2. The zero-order valence-corrected chi connectivity index (χ0v) is 15.1. The van der Waals surface area contributed by atoms with Gasteiger partial charge in [-0.2, -0.15) is 0 Å². The van der Waals surface area contributed by atoms with Gasteiger partial charge in [-0.15, -0.1) is 0 Å². The van der Waals surface area contributed by atoms with Crippen molar-refractivity contribution in [3.63, 3.8) is 0 Å². The van der Waals surface area contributed by atoms with E-state index in [-0.39, 0.29) is 6.42 Å². The number of aromatic nitrogens is 1. The van der Waals surface area contributed by atoms with Gasteiger partial charge >= 0.3 is 11.9 Å². The van der Waals surface area contributed by atoms with Crippen molar-refractivity contribution in [3.05, 3.63) is 36.0 Å². The molecule has 2 rings (SSSR count). The Labute approximate surface area is 160 Å². The first-order valence-electron chi connectivity index (χ1n) is 8.55. The Balaban J connectivity index is 2.22. The van der Waals surface area contributed by atoms with E-state index in [4.69, 9.17) is 15.9 Å². The number of hydrogen-bond acceptors (Lipinski definition) is 5. The van der Waals surface area contributed by atoms with Crippen LogP contribution in [0.3, 0.4) is 0 Å². The number of fused-ring (bicyclic) bond motifs is 1. The molecule has 150 valence electrons. The largest absolute Gasteiger partial charge is 0.481 e. The molecule has 1 aromatic carbocycles. The van der Waals surface area contributed by atoms with Crippen molar-refractivity contribution in [2.45, 2.75) is 37.9 Å². The average molecular weight is 390 g/mol. The molecule has 0 saturated carbocycles. The molecule has 2 aromatic rings. The maximum absolute atomic E-state index is 12.5. The molecule has 0 spiro atoms. The van der Waals surface area contributed by atoms with Crippen molar-refractivity contribution in [2.75, 3.05) is 0 Å². The molecular formula is C18H22N4O6. The third-order valence-electron chi connectivity index (χ3n) is 4.19. The van der Waals surface area contributed by atoms with Gasteiger partial charge < -0.3 is 31.6 Å². The van der Waals surface area contributed by atoms with Crippen LogP contribution in [-0.4, -0.2) is 57.1 Å². The minimum absolute atomic E-state index is 0.0632. The van der Waals surface area contributed by atoms with E-state index < -0.39 is 48.3 Å². The van der Waals surface area contributed by atoms with E-state index in [1.165, 1.54) is 6.92 Å². The molecule has 0 aliphatic carbocycles. The average Bonchev–Trinajstić information content (AvgIpc) is 3.03. The first-order chi connectivity index (χ1) is 13.2. The first-order valence-corrected chi connectivity index (χ1v) is 8.55. The molecule has 3 atom stereocenters. The van der Waals surface area contributed by atoms with Gasteiger partial charge in [-0.05, 0) is 18.6 Å². The van der Waals surface area contributed by atoms with Crippen LogP contribution in [-0.2, 0) is 25.6 Å². The molecule has 0 fully saturated rings. The van der Waals surface area contributed by atoms with Gasteiger partial charge in [0.05, 0.1) is 12.5 Å². The number of nitrogens with one attached hydrogen (secondary N) is 3. The number of benzene rings is 1. The van der Waals surface area contributed by atoms with Crippen molar-refractivity contribution in [2.24, 2.45) is 5.73 Å². The second-order valence-electron chi connectivity index (χ2n) is 6.40. The fourth-order valence-electron chi connectivity index (χ4n) is 2.66. The summed E-state index contributed by atoms with van der Waals surface area (Å²) in [6.07, 6.45) is 1.15. The summed E-state index contributed by atoms with van der Waals surface area (Å²) in [6.45, 7) is 1.29. The van der Waals surface area contributed by atoms with Crippen LogP contribution >= 0.6 is 0 Å². The van der Waals surface area contributed by atoms with Crippen molar-refractivity contribution in [1.82, 2.24) is 15.6 Å². The number of aromatic amines is 1. The number of carboxylic acids is 2. The van der Waals surface area contributed by atoms with Crippen LogP contribution < -0.4 is 16.4 Å². The zero-order valence-electron chi connectivity index (χ0n) is 15.1. The summed E-state index contributed by atoms with van der Waals surface area (Å²) in [4.78, 5) is 49.6. The first kappa shape index (κ1) is 20.9. The smallest absolute Gasteiger partial charge is 0.325 e. The maximum atomic E-state index is 12.5. The van der Waals surface area contributed by atoms with Crippen molar-refractivity contribution in [3.8, 4) is 0 Å². The highest BCUT2D eigenvalue weighted by atomic mass is 16.4. The normalized spacial score (nSPS) is 14.1. The Morgan fingerprint density at radius 3 is 2.43 bits per heavy atom. The van der Waals surface area contributed by atoms with Gasteiger partial charge in [-0.1, -0.05) is 18.2 Å². The number of H-pyrrole nitrogens is 1. The lowest BCUT2D eigenvalue weighted by molar-refractivity contribution is -0.142. The van der Waals surface area contributed by atoms with E-state index >= 15 is 0 Å². The van der Waals surface area contributed by atoms with Crippen molar-refractivity contribution in [1.29, 1.82) is 0 Å². The Kier molecular flexibility index (Phi) is 6.72. The highest BCUT2D eigenvalue weighted by molar-refractivity contribution is 5.93. The van der Waals surface area contributed by atoms with Gasteiger partial charge in [0.15, 0.2) is 0 Å². The highest BCUT2D eigenvalue weighted by Crippen LogP contribution is 2.19. The van der Waals surface area contributed by atoms with Gasteiger partial charge in [0.25, 0.3) is 0 Å². The molecule has 2 amide bonds. The number of carbonyl (C=O) groups is 4. The number of rotatable bonds is 9. The minimum atomic E-state index is -1.34. The van der Waals surface area contributed by atoms with E-state index in [0.717, 1.165) is 16.5 Å². The van der Waals surface area contributed by atoms with Gasteiger partial charge in [0.2, 0.25) is 11.8 Å². The lowest BCUT2D eigenvalue weighted by Crippen LogP contribution is -2.55. The van der Waals surface area contributed by atoms with Crippen LogP contribution in [0.25, 0.3) is 10.9 Å². The molecule has 0 bridgehead atoms. The predicted molar refractivity (Wildman–Crippen MR) is 99.4 cm³/mol. The zero-order chi connectivity index (χ0) is 20.8. The van der Waals surface area contributed by atoms with Gasteiger partial charge in [0, 0.05) is 23.5 Å². The van der Waals surface area contributed by atoms with Crippen LogP contribution in [0, 0.1) is 0 Å². The van der Waals surface area contributed by atoms with E-state index in [1.807, 2.05) is 24.3 Å². The van der Waals surface area contributed by atoms with Crippen molar-refractivity contribution < 1.29 is 29.4 Å². The summed E-state index contributed by atoms with van der Waals surface area (Å²) in [5.41, 5.74) is 7.12. The molecule has 10 nitrogen and oxygen atoms in total. The summed E-state index contributed by atoms with van der Waals surface area (Å²) in [7, 11) is 0. The third-order valence-corrected chi connectivity index (χ3v) is 4.19. The molecular weight excluding hydrogens is 368 g/mol. The predicted octanol–water partition coefficient (Wildman–Crippen LogP) is -0.413.